The van der Waals surface area contributed by atoms with E-state index in [2.05, 4.69) is 0 Å². The summed E-state index contributed by atoms with van der Waals surface area (Å²) in [5.41, 5.74) is -2.74. The van der Waals surface area contributed by atoms with Gasteiger partial charge in [-0.05, 0) is 0 Å². The number of hydrogen-bond donors (Lipinski definition) is 9. The van der Waals surface area contributed by atoms with E-state index in [0.29, 0.717) is 0 Å². The third kappa shape index (κ3) is 18.8. The Morgan fingerprint density at radius 1 is 0.850 bits per heavy atom. The van der Waals surface area contributed by atoms with Gasteiger partial charge >= 0.3 is 25.7 Å². The van der Waals surface area contributed by atoms with Crippen LogP contribution in [-0.4, -0.2) is 69.1 Å². The Kier molecular flexibility index (Phi) is 12.0. The monoisotopic (exact) mass is 324 g/mol. The molecule has 0 aromatic carbocycles. The summed E-state index contributed by atoms with van der Waals surface area (Å²) in [5, 5.41) is 45.8. The molecule has 0 spiro atoms. The van der Waals surface area contributed by atoms with Crippen LogP contribution < -0.4 is 0 Å². The summed E-state index contributed by atoms with van der Waals surface area (Å²) in [7, 11) is -4.64. The van der Waals surface area contributed by atoms with Crippen LogP contribution in [0.15, 0.2) is 0 Å². The molecule has 0 radical (unpaired) electrons. The molecule has 0 aromatic rings. The van der Waals surface area contributed by atoms with Gasteiger partial charge in [-0.25, -0.2) is 9.36 Å². The highest BCUT2D eigenvalue weighted by atomic mass is 31.2. The first-order valence-electron chi connectivity index (χ1n) is 4.15. The zero-order chi connectivity index (χ0) is 17.1. The fraction of sp³-hybridized carbons (Fsp3) is 0.500. The normalized spacial score (nSPS) is 10.3. The summed E-state index contributed by atoms with van der Waals surface area (Å²) in [6, 6.07) is 0. The van der Waals surface area contributed by atoms with E-state index in [1.54, 1.807) is 0 Å². The second kappa shape index (κ2) is 10.2. The van der Waals surface area contributed by atoms with E-state index >= 15 is 0 Å². The van der Waals surface area contributed by atoms with Crippen LogP contribution in [0.2, 0.25) is 0 Å². The van der Waals surface area contributed by atoms with Crippen molar-refractivity contribution in [2.75, 3.05) is 0 Å². The molecule has 13 nitrogen and oxygen atoms in total. The third-order valence-electron chi connectivity index (χ3n) is 1.29. The molecular formula is C6H13O13P. The second-order valence-corrected chi connectivity index (χ2v) is 4.02. The summed E-state index contributed by atoms with van der Waals surface area (Å²) in [6.07, 6.45) is -2.29. The molecule has 0 unspecified atom stereocenters. The predicted octanol–water partition coefficient (Wildman–Crippen LogP) is -2.16. The van der Waals surface area contributed by atoms with E-state index < -0.39 is 44.2 Å². The second-order valence-electron chi connectivity index (χ2n) is 2.99. The highest BCUT2D eigenvalue weighted by molar-refractivity contribution is 7.45. The van der Waals surface area contributed by atoms with Crippen LogP contribution in [0, 0.1) is 0 Å². The molecule has 9 N–H and O–H groups in total. The molecule has 0 aromatic heterocycles. The quantitative estimate of drug-likeness (QED) is 0.148. The molecule has 120 valence electrons. The van der Waals surface area contributed by atoms with Crippen molar-refractivity contribution in [3.05, 3.63) is 0 Å². The first kappa shape index (κ1) is 23.5. The Morgan fingerprint density at radius 3 is 1.15 bits per heavy atom. The number of carboxylic acids is 3. The standard InChI is InChI=1S/C6H8O7.H3O4P.H2O2/c7-3(8)1-6(13,5(11)12)2-4(9)10;1-5(2,3)4;1-2/h13H,1-2H2,(H,7,8)(H,9,10)(H,11,12);(H3,1,2,3,4);1-2H. The summed E-state index contributed by atoms with van der Waals surface area (Å²) < 4.78 is 8.88. The van der Waals surface area contributed by atoms with Crippen molar-refractivity contribution >= 4 is 25.7 Å². The summed E-state index contributed by atoms with van der Waals surface area (Å²) in [6.45, 7) is 0. The highest BCUT2D eigenvalue weighted by Crippen LogP contribution is 2.25. The molecule has 0 bridgehead atoms. The van der Waals surface area contributed by atoms with E-state index in [-0.39, 0.29) is 0 Å². The largest absolute Gasteiger partial charge is 0.481 e. The van der Waals surface area contributed by atoms with E-state index in [0.717, 1.165) is 0 Å². The van der Waals surface area contributed by atoms with E-state index in [4.69, 9.17) is 50.2 Å². The number of rotatable bonds is 5. The predicted molar refractivity (Wildman–Crippen MR) is 56.6 cm³/mol. The highest BCUT2D eigenvalue weighted by Gasteiger charge is 2.40. The van der Waals surface area contributed by atoms with Gasteiger partial charge in [0.1, 0.15) is 0 Å². The minimum atomic E-state index is -4.64. The molecule has 20 heavy (non-hydrogen) atoms. The van der Waals surface area contributed by atoms with Gasteiger partial charge < -0.3 is 35.1 Å². The Labute approximate surface area is 110 Å². The number of aliphatic hydroxyl groups is 1. The van der Waals surface area contributed by atoms with Gasteiger partial charge in [-0.3, -0.25) is 20.1 Å². The van der Waals surface area contributed by atoms with Gasteiger partial charge in [-0.2, -0.15) is 0 Å². The first-order chi connectivity index (χ1) is 8.78. The lowest BCUT2D eigenvalue weighted by Crippen LogP contribution is -2.42. The van der Waals surface area contributed by atoms with Crippen molar-refractivity contribution in [1.29, 1.82) is 0 Å². The Balaban J connectivity index is -0.000000346. The third-order valence-corrected chi connectivity index (χ3v) is 1.29. The van der Waals surface area contributed by atoms with E-state index in [9.17, 15) is 14.4 Å². The fourth-order valence-corrected chi connectivity index (χ4v) is 0.714. The fourth-order valence-electron chi connectivity index (χ4n) is 0.714. The SMILES string of the molecule is O=C(O)CC(O)(CC(=O)O)C(=O)O.O=P(O)(O)O.OO. The molecule has 0 saturated carbocycles. The zero-order valence-electron chi connectivity index (χ0n) is 9.52. The Hall–Kier alpha value is -1.60. The van der Waals surface area contributed by atoms with E-state index in [1.165, 1.54) is 0 Å². The maximum Gasteiger partial charge on any atom is 0.466 e. The van der Waals surface area contributed by atoms with E-state index in [1.807, 2.05) is 0 Å². The number of phosphoric acid groups is 1. The minimum Gasteiger partial charge on any atom is -0.481 e. The number of aliphatic carboxylic acids is 3. The maximum atomic E-state index is 10.3. The van der Waals surface area contributed by atoms with Crippen LogP contribution in [0.25, 0.3) is 0 Å². The first-order valence-corrected chi connectivity index (χ1v) is 5.72. The summed E-state index contributed by atoms with van der Waals surface area (Å²) in [4.78, 5) is 52.0. The molecule has 0 aliphatic carbocycles. The molecule has 0 saturated heterocycles. The summed E-state index contributed by atoms with van der Waals surface area (Å²) >= 11 is 0. The van der Waals surface area contributed by atoms with Crippen LogP contribution in [0.5, 0.6) is 0 Å². The average Bonchev–Trinajstić information content (AvgIpc) is 2.14. The van der Waals surface area contributed by atoms with Gasteiger partial charge in [0.05, 0.1) is 12.8 Å². The molecule has 0 aliphatic rings. The molecule has 0 amide bonds. The van der Waals surface area contributed by atoms with Gasteiger partial charge in [0.2, 0.25) is 0 Å². The van der Waals surface area contributed by atoms with Gasteiger partial charge in [0.15, 0.2) is 5.60 Å². The smallest absolute Gasteiger partial charge is 0.466 e. The van der Waals surface area contributed by atoms with Crippen LogP contribution in [0.4, 0.5) is 0 Å². The minimum absolute atomic E-state index is 1.14. The van der Waals surface area contributed by atoms with Crippen LogP contribution >= 0.6 is 7.82 Å². The van der Waals surface area contributed by atoms with Crippen LogP contribution in [0.3, 0.4) is 0 Å². The van der Waals surface area contributed by atoms with Crippen molar-refractivity contribution < 1.29 is 64.6 Å². The lowest BCUT2D eigenvalue weighted by Gasteiger charge is -2.18. The molecule has 0 aliphatic heterocycles. The summed E-state index contributed by atoms with van der Waals surface area (Å²) in [5.74, 6) is -5.02. The van der Waals surface area contributed by atoms with Crippen LogP contribution in [-0.2, 0) is 18.9 Å². The van der Waals surface area contributed by atoms with Gasteiger partial charge in [-0.1, -0.05) is 0 Å². The van der Waals surface area contributed by atoms with Crippen molar-refractivity contribution in [2.24, 2.45) is 0 Å². The molecule has 0 atom stereocenters. The Bertz CT molecular complexity index is 345. The van der Waals surface area contributed by atoms with Gasteiger partial charge in [0.25, 0.3) is 0 Å². The van der Waals surface area contributed by atoms with Gasteiger partial charge in [-0.15, -0.1) is 0 Å². The molecule has 14 heteroatoms. The molecule has 0 rings (SSSR count). The zero-order valence-corrected chi connectivity index (χ0v) is 10.4. The number of carbonyl (C=O) groups is 3. The Morgan fingerprint density at radius 2 is 1.05 bits per heavy atom. The lowest BCUT2D eigenvalue weighted by molar-refractivity contribution is -0.176. The number of hydrogen-bond acceptors (Lipinski definition) is 7. The molecule has 0 fully saturated rings. The topological polar surface area (TPSA) is 250 Å². The van der Waals surface area contributed by atoms with Crippen molar-refractivity contribution in [3.63, 3.8) is 0 Å². The molecular weight excluding hydrogens is 311 g/mol. The van der Waals surface area contributed by atoms with Crippen molar-refractivity contribution in [3.8, 4) is 0 Å². The lowest BCUT2D eigenvalue weighted by atomic mass is 9.96. The average molecular weight is 324 g/mol. The van der Waals surface area contributed by atoms with Crippen molar-refractivity contribution in [1.82, 2.24) is 0 Å². The molecule has 0 heterocycles. The van der Waals surface area contributed by atoms with Crippen molar-refractivity contribution in [2.45, 2.75) is 18.4 Å². The van der Waals surface area contributed by atoms with Gasteiger partial charge in [0, 0.05) is 0 Å². The number of carboxylic acid groups (broad SMARTS) is 3. The van der Waals surface area contributed by atoms with Crippen LogP contribution in [0.1, 0.15) is 12.8 Å². The maximum absolute atomic E-state index is 10.3.